The minimum absolute atomic E-state index is 0.115. The summed E-state index contributed by atoms with van der Waals surface area (Å²) in [5.74, 6) is 2.37. The van der Waals surface area contributed by atoms with Gasteiger partial charge in [-0.2, -0.15) is 11.8 Å². The molecule has 4 heteroatoms. The zero-order valence-corrected chi connectivity index (χ0v) is 10.4. The standard InChI is InChI=1S/C10H18ClNOS/c1-3-9(11)10(13)12(4-2)8-5-6-14-7-8/h8-9H,3-7H2,1-2H3/t8-,9-/m1/s1. The number of hydrogen-bond acceptors (Lipinski definition) is 2. The largest absolute Gasteiger partial charge is 0.338 e. The molecule has 0 spiro atoms. The van der Waals surface area contributed by atoms with Gasteiger partial charge in [-0.1, -0.05) is 6.92 Å². The minimum atomic E-state index is -0.333. The van der Waals surface area contributed by atoms with Gasteiger partial charge in [0.05, 0.1) is 0 Å². The molecule has 0 saturated carbocycles. The van der Waals surface area contributed by atoms with Gasteiger partial charge in [0.15, 0.2) is 0 Å². The molecule has 14 heavy (non-hydrogen) atoms. The highest BCUT2D eigenvalue weighted by Crippen LogP contribution is 2.23. The van der Waals surface area contributed by atoms with Crippen LogP contribution in [0.25, 0.3) is 0 Å². The maximum atomic E-state index is 11.9. The molecule has 1 aliphatic heterocycles. The summed E-state index contributed by atoms with van der Waals surface area (Å²) < 4.78 is 0. The van der Waals surface area contributed by atoms with Crippen molar-refractivity contribution in [3.63, 3.8) is 0 Å². The summed E-state index contributed by atoms with van der Waals surface area (Å²) >= 11 is 7.90. The van der Waals surface area contributed by atoms with Crippen LogP contribution in [0.15, 0.2) is 0 Å². The van der Waals surface area contributed by atoms with Crippen molar-refractivity contribution in [2.45, 2.75) is 38.1 Å². The number of thioether (sulfide) groups is 1. The first kappa shape index (κ1) is 12.2. The predicted molar refractivity (Wildman–Crippen MR) is 63.0 cm³/mol. The molecule has 0 aromatic rings. The molecule has 82 valence electrons. The lowest BCUT2D eigenvalue weighted by molar-refractivity contribution is -0.132. The topological polar surface area (TPSA) is 20.3 Å². The van der Waals surface area contributed by atoms with Crippen molar-refractivity contribution in [2.24, 2.45) is 0 Å². The predicted octanol–water partition coefficient (Wildman–Crippen LogP) is 2.36. The summed E-state index contributed by atoms with van der Waals surface area (Å²) in [6.07, 6.45) is 1.84. The highest BCUT2D eigenvalue weighted by Gasteiger charge is 2.28. The van der Waals surface area contributed by atoms with E-state index in [1.807, 2.05) is 30.5 Å². The Labute approximate surface area is 95.4 Å². The van der Waals surface area contributed by atoms with E-state index >= 15 is 0 Å². The fourth-order valence-corrected chi connectivity index (χ4v) is 3.07. The molecule has 0 bridgehead atoms. The van der Waals surface area contributed by atoms with Crippen molar-refractivity contribution < 1.29 is 4.79 Å². The quantitative estimate of drug-likeness (QED) is 0.698. The first-order chi connectivity index (χ1) is 6.70. The Kier molecular flexibility index (Phi) is 5.10. The maximum Gasteiger partial charge on any atom is 0.240 e. The zero-order chi connectivity index (χ0) is 10.6. The molecule has 1 fully saturated rings. The fourth-order valence-electron chi connectivity index (χ4n) is 1.72. The van der Waals surface area contributed by atoms with Gasteiger partial charge in [-0.15, -0.1) is 11.6 Å². The molecule has 0 aromatic carbocycles. The van der Waals surface area contributed by atoms with Gasteiger partial charge in [-0.25, -0.2) is 0 Å². The lowest BCUT2D eigenvalue weighted by atomic mass is 10.2. The highest BCUT2D eigenvalue weighted by atomic mass is 35.5. The van der Waals surface area contributed by atoms with Crippen LogP contribution in [-0.4, -0.2) is 40.3 Å². The normalized spacial score (nSPS) is 23.5. The fraction of sp³-hybridized carbons (Fsp3) is 0.900. The Balaban J connectivity index is 2.55. The van der Waals surface area contributed by atoms with E-state index in [4.69, 9.17) is 11.6 Å². The molecular weight excluding hydrogens is 218 g/mol. The number of carbonyl (C=O) groups excluding carboxylic acids is 1. The van der Waals surface area contributed by atoms with Crippen molar-refractivity contribution >= 4 is 29.3 Å². The number of alkyl halides is 1. The van der Waals surface area contributed by atoms with Gasteiger partial charge < -0.3 is 4.90 Å². The van der Waals surface area contributed by atoms with E-state index in [9.17, 15) is 4.79 Å². The number of nitrogens with zero attached hydrogens (tertiary/aromatic N) is 1. The van der Waals surface area contributed by atoms with Crippen molar-refractivity contribution in [1.29, 1.82) is 0 Å². The van der Waals surface area contributed by atoms with Crippen LogP contribution in [0, 0.1) is 0 Å². The third kappa shape index (κ3) is 2.80. The average Bonchev–Trinajstić information content (AvgIpc) is 2.71. The van der Waals surface area contributed by atoms with Gasteiger partial charge in [-0.05, 0) is 25.5 Å². The van der Waals surface area contributed by atoms with Gasteiger partial charge in [0.1, 0.15) is 5.38 Å². The molecule has 2 atom stereocenters. The SMILES string of the molecule is CC[C@@H](Cl)C(=O)N(CC)[C@@H]1CCSC1. The zero-order valence-electron chi connectivity index (χ0n) is 8.83. The van der Waals surface area contributed by atoms with Crippen LogP contribution in [0.2, 0.25) is 0 Å². The van der Waals surface area contributed by atoms with Crippen LogP contribution in [0.1, 0.15) is 26.7 Å². The Morgan fingerprint density at radius 1 is 1.64 bits per heavy atom. The Bertz CT molecular complexity index is 195. The first-order valence-electron chi connectivity index (χ1n) is 5.23. The molecule has 0 aliphatic carbocycles. The van der Waals surface area contributed by atoms with Gasteiger partial charge in [0.25, 0.3) is 0 Å². The third-order valence-electron chi connectivity index (χ3n) is 2.60. The van der Waals surface area contributed by atoms with Gasteiger partial charge in [0, 0.05) is 18.3 Å². The van der Waals surface area contributed by atoms with E-state index < -0.39 is 0 Å². The van der Waals surface area contributed by atoms with Crippen LogP contribution in [-0.2, 0) is 4.79 Å². The Morgan fingerprint density at radius 2 is 2.36 bits per heavy atom. The molecular formula is C10H18ClNOS. The molecule has 1 rings (SSSR count). The summed E-state index contributed by atoms with van der Waals surface area (Å²) in [6.45, 7) is 4.76. The number of rotatable bonds is 4. The molecule has 0 unspecified atom stereocenters. The number of hydrogen-bond donors (Lipinski definition) is 0. The second-order valence-electron chi connectivity index (χ2n) is 3.52. The van der Waals surface area contributed by atoms with E-state index in [2.05, 4.69) is 0 Å². The summed E-state index contributed by atoms with van der Waals surface area (Å²) in [7, 11) is 0. The van der Waals surface area contributed by atoms with Gasteiger partial charge in [0.2, 0.25) is 5.91 Å². The van der Waals surface area contributed by atoms with Crippen LogP contribution >= 0.6 is 23.4 Å². The molecule has 1 amide bonds. The average molecular weight is 236 g/mol. The minimum Gasteiger partial charge on any atom is -0.338 e. The Hall–Kier alpha value is 0.110. The summed E-state index contributed by atoms with van der Waals surface area (Å²) in [4.78, 5) is 13.8. The molecule has 1 aliphatic rings. The van der Waals surface area contributed by atoms with Crippen molar-refractivity contribution in [3.8, 4) is 0 Å². The highest BCUT2D eigenvalue weighted by molar-refractivity contribution is 7.99. The molecule has 0 aromatic heterocycles. The van der Waals surface area contributed by atoms with E-state index in [1.165, 1.54) is 5.75 Å². The van der Waals surface area contributed by atoms with Crippen LogP contribution in [0.4, 0.5) is 0 Å². The second kappa shape index (κ2) is 5.86. The summed E-state index contributed by atoms with van der Waals surface area (Å²) in [6, 6.07) is 0.422. The van der Waals surface area contributed by atoms with Crippen molar-refractivity contribution in [1.82, 2.24) is 4.90 Å². The molecule has 0 radical (unpaired) electrons. The lowest BCUT2D eigenvalue weighted by Gasteiger charge is -2.28. The second-order valence-corrected chi connectivity index (χ2v) is 5.19. The summed E-state index contributed by atoms with van der Waals surface area (Å²) in [5.41, 5.74) is 0. The molecule has 2 nitrogen and oxygen atoms in total. The molecule has 0 N–H and O–H groups in total. The monoisotopic (exact) mass is 235 g/mol. The molecule has 1 heterocycles. The Morgan fingerprint density at radius 3 is 2.79 bits per heavy atom. The number of carbonyl (C=O) groups is 1. The van der Waals surface area contributed by atoms with Crippen LogP contribution < -0.4 is 0 Å². The van der Waals surface area contributed by atoms with Gasteiger partial charge in [-0.3, -0.25) is 4.79 Å². The van der Waals surface area contributed by atoms with Crippen molar-refractivity contribution in [2.75, 3.05) is 18.1 Å². The first-order valence-corrected chi connectivity index (χ1v) is 6.82. The molecule has 1 saturated heterocycles. The van der Waals surface area contributed by atoms with Crippen molar-refractivity contribution in [3.05, 3.63) is 0 Å². The maximum absolute atomic E-state index is 11.9. The van der Waals surface area contributed by atoms with Gasteiger partial charge >= 0.3 is 0 Å². The van der Waals surface area contributed by atoms with E-state index in [0.717, 1.165) is 25.1 Å². The van der Waals surface area contributed by atoms with E-state index in [-0.39, 0.29) is 11.3 Å². The van der Waals surface area contributed by atoms with E-state index in [1.54, 1.807) is 0 Å². The van der Waals surface area contributed by atoms with Crippen LogP contribution in [0.5, 0.6) is 0 Å². The smallest absolute Gasteiger partial charge is 0.240 e. The number of amides is 1. The summed E-state index contributed by atoms with van der Waals surface area (Å²) in [5, 5.41) is -0.333. The van der Waals surface area contributed by atoms with E-state index in [0.29, 0.717) is 6.04 Å². The van der Waals surface area contributed by atoms with Crippen LogP contribution in [0.3, 0.4) is 0 Å². The third-order valence-corrected chi connectivity index (χ3v) is 4.24. The lowest BCUT2D eigenvalue weighted by Crippen LogP contribution is -2.44. The number of halogens is 1.